The molecule has 4 heteroatoms. The molecule has 1 fully saturated rings. The van der Waals surface area contributed by atoms with Gasteiger partial charge in [-0.25, -0.2) is 0 Å². The molecular formula is C21H23NO3. The number of hydrogen-bond donors (Lipinski definition) is 1. The lowest BCUT2D eigenvalue weighted by molar-refractivity contribution is -0.116. The van der Waals surface area contributed by atoms with Crippen molar-refractivity contribution in [2.75, 3.05) is 13.2 Å². The van der Waals surface area contributed by atoms with Crippen LogP contribution in [0, 0.1) is 11.8 Å². The fourth-order valence-electron chi connectivity index (χ4n) is 3.36. The van der Waals surface area contributed by atoms with Crippen LogP contribution in [0.5, 0.6) is 5.75 Å². The van der Waals surface area contributed by atoms with Gasteiger partial charge < -0.3 is 14.5 Å². The molecule has 1 aliphatic heterocycles. The van der Waals surface area contributed by atoms with Gasteiger partial charge in [0.25, 0.3) is 0 Å². The zero-order valence-electron chi connectivity index (χ0n) is 14.4. The Balaban J connectivity index is 1.26. The van der Waals surface area contributed by atoms with Gasteiger partial charge in [-0.2, -0.15) is 0 Å². The smallest absolute Gasteiger partial charge is 0.244 e. The van der Waals surface area contributed by atoms with Gasteiger partial charge in [0.15, 0.2) is 0 Å². The molecule has 4 nitrogen and oxygen atoms in total. The molecule has 0 radical (unpaired) electrons. The largest absolute Gasteiger partial charge is 0.493 e. The van der Waals surface area contributed by atoms with E-state index in [4.69, 9.17) is 9.15 Å². The normalized spacial score (nSPS) is 24.6. The molecule has 0 saturated heterocycles. The lowest BCUT2D eigenvalue weighted by Gasteiger charge is -2.25. The van der Waals surface area contributed by atoms with E-state index >= 15 is 0 Å². The molecule has 1 N–H and O–H groups in total. The summed E-state index contributed by atoms with van der Waals surface area (Å²) in [5.74, 6) is 4.21. The number of carbonyl (C=O) groups is 1. The van der Waals surface area contributed by atoms with Crippen LogP contribution in [0.25, 0.3) is 6.08 Å². The first-order chi connectivity index (χ1) is 12.2. The number of amides is 1. The zero-order chi connectivity index (χ0) is 17.2. The first kappa shape index (κ1) is 16.0. The van der Waals surface area contributed by atoms with Crippen LogP contribution in [-0.4, -0.2) is 19.1 Å². The minimum absolute atomic E-state index is 0.100. The van der Waals surface area contributed by atoms with Crippen molar-refractivity contribution in [3.05, 3.63) is 59.6 Å². The van der Waals surface area contributed by atoms with Crippen molar-refractivity contribution >= 4 is 12.0 Å². The fourth-order valence-corrected chi connectivity index (χ4v) is 3.36. The van der Waals surface area contributed by atoms with Crippen molar-refractivity contribution in [2.24, 2.45) is 11.8 Å². The molecule has 1 aromatic carbocycles. The molecule has 3 atom stereocenters. The van der Waals surface area contributed by atoms with Gasteiger partial charge in [0.2, 0.25) is 5.91 Å². The minimum atomic E-state index is -0.100. The van der Waals surface area contributed by atoms with E-state index in [2.05, 4.69) is 18.3 Å². The van der Waals surface area contributed by atoms with Gasteiger partial charge in [-0.15, -0.1) is 0 Å². The van der Waals surface area contributed by atoms with Crippen molar-refractivity contribution in [3.63, 3.8) is 0 Å². The van der Waals surface area contributed by atoms with Gasteiger partial charge in [-0.1, -0.05) is 25.1 Å². The Labute approximate surface area is 147 Å². The molecule has 2 aliphatic rings. The number of hydrogen-bond acceptors (Lipinski definition) is 3. The van der Waals surface area contributed by atoms with Crippen LogP contribution in [0.1, 0.15) is 36.3 Å². The minimum Gasteiger partial charge on any atom is -0.493 e. The van der Waals surface area contributed by atoms with E-state index in [0.29, 0.717) is 30.9 Å². The average molecular weight is 337 g/mol. The standard InChI is InChI=1S/C21H23NO3/c1-14-10-18(14)20-8-6-17(25-20)7-9-21(23)22-12-15-11-16-4-2-3-5-19(16)24-13-15/h2-9,14-15,18H,10-13H2,1H3,(H,22,23). The van der Waals surface area contributed by atoms with Crippen LogP contribution in [0.3, 0.4) is 0 Å². The second-order valence-electron chi connectivity index (χ2n) is 7.13. The molecule has 2 heterocycles. The number of para-hydroxylation sites is 1. The van der Waals surface area contributed by atoms with E-state index in [0.717, 1.165) is 23.7 Å². The molecule has 2 aromatic rings. The summed E-state index contributed by atoms with van der Waals surface area (Å²) in [6.07, 6.45) is 5.40. The van der Waals surface area contributed by atoms with Gasteiger partial charge in [0.05, 0.1) is 6.61 Å². The van der Waals surface area contributed by atoms with Crippen LogP contribution in [0.2, 0.25) is 0 Å². The molecular weight excluding hydrogens is 314 g/mol. The van der Waals surface area contributed by atoms with Crippen molar-refractivity contribution in [3.8, 4) is 5.75 Å². The quantitative estimate of drug-likeness (QED) is 0.845. The third-order valence-corrected chi connectivity index (χ3v) is 5.04. The number of benzene rings is 1. The molecule has 1 aliphatic carbocycles. The highest BCUT2D eigenvalue weighted by atomic mass is 16.5. The highest BCUT2D eigenvalue weighted by molar-refractivity contribution is 5.91. The predicted molar refractivity (Wildman–Crippen MR) is 96.4 cm³/mol. The number of furan rings is 1. The average Bonchev–Trinajstić information content (AvgIpc) is 3.18. The van der Waals surface area contributed by atoms with E-state index in [1.807, 2.05) is 30.3 Å². The topological polar surface area (TPSA) is 51.5 Å². The maximum atomic E-state index is 12.0. The van der Waals surface area contributed by atoms with Crippen molar-refractivity contribution in [1.29, 1.82) is 0 Å². The molecule has 130 valence electrons. The van der Waals surface area contributed by atoms with Gasteiger partial charge >= 0.3 is 0 Å². The number of ether oxygens (including phenoxy) is 1. The Hall–Kier alpha value is -2.49. The summed E-state index contributed by atoms with van der Waals surface area (Å²) in [6, 6.07) is 12.0. The summed E-state index contributed by atoms with van der Waals surface area (Å²) in [7, 11) is 0. The van der Waals surface area contributed by atoms with E-state index < -0.39 is 0 Å². The van der Waals surface area contributed by atoms with E-state index in [9.17, 15) is 4.79 Å². The molecule has 0 bridgehead atoms. The second-order valence-corrected chi connectivity index (χ2v) is 7.13. The molecule has 1 saturated carbocycles. The fraction of sp³-hybridized carbons (Fsp3) is 0.381. The van der Waals surface area contributed by atoms with Crippen LogP contribution in [0.4, 0.5) is 0 Å². The summed E-state index contributed by atoms with van der Waals surface area (Å²) < 4.78 is 11.5. The summed E-state index contributed by atoms with van der Waals surface area (Å²) >= 11 is 0. The van der Waals surface area contributed by atoms with Crippen molar-refractivity contribution < 1.29 is 13.9 Å². The Bertz CT molecular complexity index is 792. The van der Waals surface area contributed by atoms with Crippen LogP contribution in [0.15, 0.2) is 46.9 Å². The van der Waals surface area contributed by atoms with E-state index in [1.165, 1.54) is 18.1 Å². The Morgan fingerprint density at radius 2 is 2.12 bits per heavy atom. The molecule has 1 aromatic heterocycles. The highest BCUT2D eigenvalue weighted by Crippen LogP contribution is 2.47. The molecule has 4 rings (SSSR count). The number of fused-ring (bicyclic) bond motifs is 1. The summed E-state index contributed by atoms with van der Waals surface area (Å²) in [6.45, 7) is 3.48. The molecule has 0 spiro atoms. The van der Waals surface area contributed by atoms with Crippen molar-refractivity contribution in [1.82, 2.24) is 5.32 Å². The Kier molecular flexibility index (Phi) is 4.35. The van der Waals surface area contributed by atoms with Crippen LogP contribution < -0.4 is 10.1 Å². The first-order valence-electron chi connectivity index (χ1n) is 8.95. The highest BCUT2D eigenvalue weighted by Gasteiger charge is 2.36. The lowest BCUT2D eigenvalue weighted by atomic mass is 9.97. The summed E-state index contributed by atoms with van der Waals surface area (Å²) in [5, 5.41) is 2.95. The molecule has 3 unspecified atom stereocenters. The SMILES string of the molecule is CC1CC1c1ccc(C=CC(=O)NCC2COc3ccccc3C2)o1. The first-order valence-corrected chi connectivity index (χ1v) is 8.95. The van der Waals surface area contributed by atoms with Crippen molar-refractivity contribution in [2.45, 2.75) is 25.7 Å². The predicted octanol–water partition coefficient (Wildman–Crippen LogP) is 3.78. The van der Waals surface area contributed by atoms with Gasteiger partial charge in [-0.05, 0) is 48.6 Å². The number of rotatable bonds is 5. The van der Waals surface area contributed by atoms with Gasteiger partial charge in [0.1, 0.15) is 17.3 Å². The molecule has 25 heavy (non-hydrogen) atoms. The number of nitrogens with one attached hydrogen (secondary N) is 1. The third-order valence-electron chi connectivity index (χ3n) is 5.04. The summed E-state index contributed by atoms with van der Waals surface area (Å²) in [5.41, 5.74) is 1.21. The second kappa shape index (κ2) is 6.79. The Morgan fingerprint density at radius 3 is 2.96 bits per heavy atom. The number of carbonyl (C=O) groups excluding carboxylic acids is 1. The Morgan fingerprint density at radius 1 is 1.28 bits per heavy atom. The van der Waals surface area contributed by atoms with E-state index in [-0.39, 0.29) is 5.91 Å². The van der Waals surface area contributed by atoms with Gasteiger partial charge in [-0.3, -0.25) is 4.79 Å². The maximum absolute atomic E-state index is 12.0. The van der Waals surface area contributed by atoms with Crippen LogP contribution in [-0.2, 0) is 11.2 Å². The van der Waals surface area contributed by atoms with Gasteiger partial charge in [0, 0.05) is 24.5 Å². The van der Waals surface area contributed by atoms with Crippen LogP contribution >= 0.6 is 0 Å². The third kappa shape index (κ3) is 3.78. The monoisotopic (exact) mass is 337 g/mol. The lowest BCUT2D eigenvalue weighted by Crippen LogP contribution is -2.33. The van der Waals surface area contributed by atoms with E-state index in [1.54, 1.807) is 6.08 Å². The zero-order valence-corrected chi connectivity index (χ0v) is 14.4. The summed E-state index contributed by atoms with van der Waals surface area (Å²) in [4.78, 5) is 12.0. The molecule has 1 amide bonds. The maximum Gasteiger partial charge on any atom is 0.244 e.